The van der Waals surface area contributed by atoms with Gasteiger partial charge in [0.15, 0.2) is 0 Å². The van der Waals surface area contributed by atoms with Crippen molar-refractivity contribution in [2.24, 2.45) is 5.73 Å². The molecule has 0 aliphatic carbocycles. The molecule has 1 unspecified atom stereocenters. The fraction of sp³-hybridized carbons (Fsp3) is 0.500. The molecule has 0 bridgehead atoms. The molecule has 0 saturated carbocycles. The highest BCUT2D eigenvalue weighted by atomic mass is 16.5. The van der Waals surface area contributed by atoms with E-state index in [0.717, 1.165) is 29.8 Å². The van der Waals surface area contributed by atoms with Gasteiger partial charge < -0.3 is 15.8 Å². The summed E-state index contributed by atoms with van der Waals surface area (Å²) in [6.45, 7) is 7.08. The average Bonchev–Trinajstić information content (AvgIpc) is 2.27. The summed E-state index contributed by atoms with van der Waals surface area (Å²) in [6, 6.07) is 5.54. The fourth-order valence-electron chi connectivity index (χ4n) is 1.76. The first-order valence-electron chi connectivity index (χ1n) is 6.26. The Balaban J connectivity index is 2.58. The zero-order valence-electron chi connectivity index (χ0n) is 11.3. The summed E-state index contributed by atoms with van der Waals surface area (Å²) in [4.78, 5) is 11.2. The number of ether oxygens (including phenoxy) is 1. The number of nitrogens with one attached hydrogen (secondary N) is 1. The van der Waals surface area contributed by atoms with Crippen LogP contribution < -0.4 is 15.8 Å². The molecule has 4 heteroatoms. The van der Waals surface area contributed by atoms with Gasteiger partial charge in [-0.2, -0.15) is 0 Å². The highest BCUT2D eigenvalue weighted by Crippen LogP contribution is 2.16. The van der Waals surface area contributed by atoms with E-state index in [4.69, 9.17) is 10.5 Å². The molecule has 100 valence electrons. The second kappa shape index (κ2) is 7.01. The van der Waals surface area contributed by atoms with Crippen molar-refractivity contribution in [1.29, 1.82) is 0 Å². The zero-order valence-corrected chi connectivity index (χ0v) is 11.3. The smallest absolute Gasteiger partial charge is 0.238 e. The predicted molar refractivity (Wildman–Crippen MR) is 72.7 cm³/mol. The molecule has 1 rings (SSSR count). The lowest BCUT2D eigenvalue weighted by molar-refractivity contribution is -0.120. The standard InChI is InChI=1S/C14H22N2O2/c1-4-5-16-13(14(15)17)9-18-12-7-10(2)6-11(3)8-12/h6-8,13,16H,4-5,9H2,1-3H3,(H2,15,17). The first-order valence-corrected chi connectivity index (χ1v) is 6.26. The minimum Gasteiger partial charge on any atom is -0.491 e. The second-order valence-corrected chi connectivity index (χ2v) is 4.54. The summed E-state index contributed by atoms with van der Waals surface area (Å²) >= 11 is 0. The highest BCUT2D eigenvalue weighted by Gasteiger charge is 2.14. The van der Waals surface area contributed by atoms with E-state index in [0.29, 0.717) is 0 Å². The third-order valence-electron chi connectivity index (χ3n) is 2.60. The number of carbonyl (C=O) groups excluding carboxylic acids is 1. The number of hydrogen-bond acceptors (Lipinski definition) is 3. The quantitative estimate of drug-likeness (QED) is 0.771. The van der Waals surface area contributed by atoms with Crippen LogP contribution in [0.2, 0.25) is 0 Å². The molecule has 1 atom stereocenters. The maximum absolute atomic E-state index is 11.2. The van der Waals surface area contributed by atoms with Gasteiger partial charge in [0, 0.05) is 0 Å². The highest BCUT2D eigenvalue weighted by molar-refractivity contribution is 5.80. The molecule has 0 saturated heterocycles. The lowest BCUT2D eigenvalue weighted by atomic mass is 10.1. The van der Waals surface area contributed by atoms with E-state index in [1.807, 2.05) is 32.9 Å². The van der Waals surface area contributed by atoms with E-state index in [1.54, 1.807) is 0 Å². The van der Waals surface area contributed by atoms with Crippen LogP contribution in [0.15, 0.2) is 18.2 Å². The number of rotatable bonds is 7. The van der Waals surface area contributed by atoms with Crippen LogP contribution in [0.1, 0.15) is 24.5 Å². The Hall–Kier alpha value is -1.55. The van der Waals surface area contributed by atoms with Crippen LogP contribution in [0, 0.1) is 13.8 Å². The van der Waals surface area contributed by atoms with E-state index >= 15 is 0 Å². The van der Waals surface area contributed by atoms with Crippen molar-refractivity contribution in [2.45, 2.75) is 33.2 Å². The van der Waals surface area contributed by atoms with E-state index in [9.17, 15) is 4.79 Å². The van der Waals surface area contributed by atoms with Crippen LogP contribution in [-0.4, -0.2) is 25.1 Å². The summed E-state index contributed by atoms with van der Waals surface area (Å²) in [7, 11) is 0. The fourth-order valence-corrected chi connectivity index (χ4v) is 1.76. The van der Waals surface area contributed by atoms with Gasteiger partial charge in [-0.1, -0.05) is 13.0 Å². The Labute approximate surface area is 109 Å². The van der Waals surface area contributed by atoms with Crippen molar-refractivity contribution in [3.05, 3.63) is 29.3 Å². The van der Waals surface area contributed by atoms with Crippen LogP contribution in [0.4, 0.5) is 0 Å². The van der Waals surface area contributed by atoms with E-state index in [1.165, 1.54) is 0 Å². The van der Waals surface area contributed by atoms with Gasteiger partial charge in [0.2, 0.25) is 5.91 Å². The summed E-state index contributed by atoms with van der Waals surface area (Å²) in [6.07, 6.45) is 0.952. The number of primary amides is 1. The number of aryl methyl sites for hydroxylation is 2. The van der Waals surface area contributed by atoms with Gasteiger partial charge in [-0.05, 0) is 50.1 Å². The van der Waals surface area contributed by atoms with Crippen molar-refractivity contribution >= 4 is 5.91 Å². The topological polar surface area (TPSA) is 64.3 Å². The Morgan fingerprint density at radius 2 is 1.94 bits per heavy atom. The van der Waals surface area contributed by atoms with Crippen LogP contribution in [0.25, 0.3) is 0 Å². The second-order valence-electron chi connectivity index (χ2n) is 4.54. The van der Waals surface area contributed by atoms with Crippen LogP contribution in [0.3, 0.4) is 0 Å². The number of hydrogen-bond donors (Lipinski definition) is 2. The van der Waals surface area contributed by atoms with Crippen LogP contribution in [-0.2, 0) is 4.79 Å². The summed E-state index contributed by atoms with van der Waals surface area (Å²) in [5, 5.41) is 3.07. The first kappa shape index (κ1) is 14.5. The molecule has 0 spiro atoms. The molecule has 0 aliphatic heterocycles. The molecule has 0 heterocycles. The molecule has 0 fully saturated rings. The molecule has 0 radical (unpaired) electrons. The maximum Gasteiger partial charge on any atom is 0.238 e. The van der Waals surface area contributed by atoms with Gasteiger partial charge in [0.25, 0.3) is 0 Å². The molecule has 18 heavy (non-hydrogen) atoms. The van der Waals surface area contributed by atoms with Crippen molar-refractivity contribution in [2.75, 3.05) is 13.2 Å². The molecular formula is C14H22N2O2. The number of carbonyl (C=O) groups is 1. The maximum atomic E-state index is 11.2. The summed E-state index contributed by atoms with van der Waals surface area (Å²) in [5.41, 5.74) is 7.60. The lowest BCUT2D eigenvalue weighted by Gasteiger charge is -2.16. The Morgan fingerprint density at radius 3 is 2.44 bits per heavy atom. The third kappa shape index (κ3) is 4.75. The molecule has 1 aromatic carbocycles. The largest absolute Gasteiger partial charge is 0.491 e. The molecule has 0 aromatic heterocycles. The van der Waals surface area contributed by atoms with Gasteiger partial charge in [-0.3, -0.25) is 4.79 Å². The van der Waals surface area contributed by atoms with Crippen LogP contribution >= 0.6 is 0 Å². The van der Waals surface area contributed by atoms with Crippen LogP contribution in [0.5, 0.6) is 5.75 Å². The molecule has 4 nitrogen and oxygen atoms in total. The summed E-state index contributed by atoms with van der Waals surface area (Å²) < 4.78 is 5.62. The Bertz CT molecular complexity index is 385. The normalized spacial score (nSPS) is 12.2. The monoisotopic (exact) mass is 250 g/mol. The van der Waals surface area contributed by atoms with Gasteiger partial charge >= 0.3 is 0 Å². The van der Waals surface area contributed by atoms with E-state index in [2.05, 4.69) is 11.4 Å². The minimum atomic E-state index is -0.439. The van der Waals surface area contributed by atoms with Gasteiger partial charge in [0.1, 0.15) is 18.4 Å². The Kier molecular flexibility index (Phi) is 5.65. The Morgan fingerprint density at radius 1 is 1.33 bits per heavy atom. The summed E-state index contributed by atoms with van der Waals surface area (Å²) in [5.74, 6) is 0.393. The number of amides is 1. The molecule has 1 aromatic rings. The third-order valence-corrected chi connectivity index (χ3v) is 2.60. The van der Waals surface area contributed by atoms with Gasteiger partial charge in [-0.25, -0.2) is 0 Å². The van der Waals surface area contributed by atoms with Crippen molar-refractivity contribution in [1.82, 2.24) is 5.32 Å². The van der Waals surface area contributed by atoms with Crippen molar-refractivity contribution in [3.63, 3.8) is 0 Å². The van der Waals surface area contributed by atoms with E-state index in [-0.39, 0.29) is 12.5 Å². The number of nitrogens with two attached hydrogens (primary N) is 1. The number of benzene rings is 1. The van der Waals surface area contributed by atoms with Crippen molar-refractivity contribution < 1.29 is 9.53 Å². The molecule has 1 amide bonds. The minimum absolute atomic E-state index is 0.262. The molecule has 0 aliphatic rings. The van der Waals surface area contributed by atoms with E-state index < -0.39 is 6.04 Å². The lowest BCUT2D eigenvalue weighted by Crippen LogP contribution is -2.45. The average molecular weight is 250 g/mol. The van der Waals surface area contributed by atoms with Gasteiger partial charge in [0.05, 0.1) is 0 Å². The van der Waals surface area contributed by atoms with Crippen molar-refractivity contribution in [3.8, 4) is 5.75 Å². The molecular weight excluding hydrogens is 228 g/mol. The van der Waals surface area contributed by atoms with Gasteiger partial charge in [-0.15, -0.1) is 0 Å². The molecule has 3 N–H and O–H groups in total. The first-order chi connectivity index (χ1) is 8.52. The predicted octanol–water partition coefficient (Wildman–Crippen LogP) is 1.54. The zero-order chi connectivity index (χ0) is 13.5. The SMILES string of the molecule is CCCNC(COc1cc(C)cc(C)c1)C(N)=O.